The third kappa shape index (κ3) is 3.44. The van der Waals surface area contributed by atoms with Crippen molar-refractivity contribution in [3.8, 4) is 0 Å². The Morgan fingerprint density at radius 3 is 2.80 bits per heavy atom. The van der Waals surface area contributed by atoms with Gasteiger partial charge >= 0.3 is 0 Å². The Labute approximate surface area is 178 Å². The van der Waals surface area contributed by atoms with Gasteiger partial charge in [0.1, 0.15) is 0 Å². The monoisotopic (exact) mass is 408 g/mol. The first-order chi connectivity index (χ1) is 14.5. The van der Waals surface area contributed by atoms with Crippen molar-refractivity contribution < 1.29 is 4.74 Å². The van der Waals surface area contributed by atoms with E-state index in [0.717, 1.165) is 63.0 Å². The molecule has 2 atom stereocenters. The van der Waals surface area contributed by atoms with Crippen LogP contribution in [-0.2, 0) is 24.2 Å². The summed E-state index contributed by atoms with van der Waals surface area (Å²) in [6, 6.07) is 0.971. The second kappa shape index (κ2) is 7.78. The van der Waals surface area contributed by atoms with Crippen LogP contribution in [0.3, 0.4) is 0 Å². The van der Waals surface area contributed by atoms with Crippen LogP contribution in [0.2, 0.25) is 0 Å². The van der Waals surface area contributed by atoms with Gasteiger partial charge in [-0.1, -0.05) is 12.2 Å². The third-order valence-electron chi connectivity index (χ3n) is 6.90. The second-order valence-electron chi connectivity index (χ2n) is 9.06. The molecule has 2 bridgehead atoms. The zero-order valence-corrected chi connectivity index (χ0v) is 18.4. The lowest BCUT2D eigenvalue weighted by atomic mass is 9.98. The summed E-state index contributed by atoms with van der Waals surface area (Å²) in [5, 5.41) is 4.78. The molecule has 0 spiro atoms. The van der Waals surface area contributed by atoms with E-state index >= 15 is 0 Å². The lowest BCUT2D eigenvalue weighted by Crippen LogP contribution is -2.40. The van der Waals surface area contributed by atoms with Crippen molar-refractivity contribution in [1.82, 2.24) is 24.6 Å². The lowest BCUT2D eigenvalue weighted by Gasteiger charge is -2.36. The van der Waals surface area contributed by atoms with Crippen molar-refractivity contribution in [2.75, 3.05) is 31.2 Å². The molecule has 160 valence electrons. The molecule has 0 amide bonds. The zero-order valence-electron chi connectivity index (χ0n) is 18.4. The van der Waals surface area contributed by atoms with E-state index in [4.69, 9.17) is 19.8 Å². The first-order valence-electron chi connectivity index (χ1n) is 11.1. The average molecular weight is 409 g/mol. The van der Waals surface area contributed by atoms with E-state index in [9.17, 15) is 0 Å². The Bertz CT molecular complexity index is 961. The van der Waals surface area contributed by atoms with Crippen molar-refractivity contribution in [3.05, 3.63) is 46.6 Å². The number of hydrogen-bond acceptors (Lipinski definition) is 6. The standard InChI is InChI=1S/C23H32N6O/c1-15(2)13-29-17(4)20(16(3)26-29)14-28-18-5-6-22(28)19-12-24-23(25-21(19)11-18)27-7-9-30-10-8-27/h12,18,22H,1,5-11,13-14H2,2-4H3. The molecule has 0 aromatic carbocycles. The predicted molar refractivity (Wildman–Crippen MR) is 117 cm³/mol. The smallest absolute Gasteiger partial charge is 0.225 e. The van der Waals surface area contributed by atoms with Gasteiger partial charge in [0.15, 0.2) is 0 Å². The van der Waals surface area contributed by atoms with Gasteiger partial charge in [-0.25, -0.2) is 9.97 Å². The quantitative estimate of drug-likeness (QED) is 0.709. The van der Waals surface area contributed by atoms with Crippen LogP contribution in [0.5, 0.6) is 0 Å². The molecule has 0 radical (unpaired) electrons. The highest BCUT2D eigenvalue weighted by atomic mass is 16.5. The summed E-state index contributed by atoms with van der Waals surface area (Å²) in [4.78, 5) is 14.7. The number of hydrogen-bond donors (Lipinski definition) is 0. The minimum Gasteiger partial charge on any atom is -0.378 e. The molecular weight excluding hydrogens is 376 g/mol. The zero-order chi connectivity index (χ0) is 20.8. The van der Waals surface area contributed by atoms with Crippen molar-refractivity contribution in [3.63, 3.8) is 0 Å². The van der Waals surface area contributed by atoms with Gasteiger partial charge in [0.25, 0.3) is 0 Å². The molecule has 7 heteroatoms. The highest BCUT2D eigenvalue weighted by molar-refractivity contribution is 5.38. The fraction of sp³-hybridized carbons (Fsp3) is 0.609. The van der Waals surface area contributed by atoms with Gasteiger partial charge in [-0.3, -0.25) is 9.58 Å². The number of aryl methyl sites for hydroxylation is 1. The topological polar surface area (TPSA) is 59.3 Å². The molecule has 5 heterocycles. The molecule has 2 aromatic rings. The summed E-state index contributed by atoms with van der Waals surface area (Å²) in [5.41, 5.74) is 7.47. The molecular formula is C23H32N6O. The fourth-order valence-electron chi connectivity index (χ4n) is 5.28. The van der Waals surface area contributed by atoms with E-state index in [2.05, 4.69) is 48.0 Å². The third-order valence-corrected chi connectivity index (χ3v) is 6.90. The predicted octanol–water partition coefficient (Wildman–Crippen LogP) is 2.96. The Morgan fingerprint density at radius 2 is 2.03 bits per heavy atom. The highest BCUT2D eigenvalue weighted by Gasteiger charge is 2.41. The second-order valence-corrected chi connectivity index (χ2v) is 9.06. The molecule has 5 rings (SSSR count). The summed E-state index contributed by atoms with van der Waals surface area (Å²) in [5.74, 6) is 0.873. The van der Waals surface area contributed by atoms with Crippen LogP contribution < -0.4 is 4.90 Å². The molecule has 2 unspecified atom stereocenters. The van der Waals surface area contributed by atoms with E-state index < -0.39 is 0 Å². The maximum Gasteiger partial charge on any atom is 0.225 e. The molecule has 3 aliphatic heterocycles. The number of morpholine rings is 1. The van der Waals surface area contributed by atoms with Gasteiger partial charge in [0.2, 0.25) is 5.95 Å². The number of fused-ring (bicyclic) bond motifs is 4. The normalized spacial score (nSPS) is 23.6. The Hall–Kier alpha value is -2.25. The number of ether oxygens (including phenoxy) is 1. The SMILES string of the molecule is C=C(C)Cn1nc(C)c(CN2C3CCC2c2cnc(N4CCOCC4)nc2C3)c1C. The van der Waals surface area contributed by atoms with Gasteiger partial charge in [0.05, 0.1) is 31.1 Å². The molecule has 2 saturated heterocycles. The molecule has 0 N–H and O–H groups in total. The first kappa shape index (κ1) is 19.7. The van der Waals surface area contributed by atoms with E-state index in [-0.39, 0.29) is 0 Å². The van der Waals surface area contributed by atoms with Gasteiger partial charge < -0.3 is 9.64 Å². The maximum absolute atomic E-state index is 5.48. The van der Waals surface area contributed by atoms with Crippen molar-refractivity contribution in [2.24, 2.45) is 0 Å². The van der Waals surface area contributed by atoms with Crippen LogP contribution in [-0.4, -0.2) is 57.0 Å². The summed E-state index contributed by atoms with van der Waals surface area (Å²) >= 11 is 0. The van der Waals surface area contributed by atoms with Crippen LogP contribution in [0, 0.1) is 13.8 Å². The number of anilines is 1. The molecule has 2 fully saturated rings. The van der Waals surface area contributed by atoms with Gasteiger partial charge in [0, 0.05) is 61.2 Å². The number of rotatable bonds is 5. The van der Waals surface area contributed by atoms with Crippen LogP contribution in [0.25, 0.3) is 0 Å². The number of nitrogens with zero attached hydrogens (tertiary/aromatic N) is 6. The van der Waals surface area contributed by atoms with Crippen molar-refractivity contribution in [1.29, 1.82) is 0 Å². The van der Waals surface area contributed by atoms with Crippen LogP contribution in [0.15, 0.2) is 18.3 Å². The minimum absolute atomic E-state index is 0.417. The van der Waals surface area contributed by atoms with E-state index in [0.29, 0.717) is 12.1 Å². The largest absolute Gasteiger partial charge is 0.378 e. The van der Waals surface area contributed by atoms with E-state index in [1.54, 1.807) is 0 Å². The summed E-state index contributed by atoms with van der Waals surface area (Å²) in [6.07, 6.45) is 5.53. The summed E-state index contributed by atoms with van der Waals surface area (Å²) < 4.78 is 7.58. The summed E-state index contributed by atoms with van der Waals surface area (Å²) in [6.45, 7) is 15.5. The highest BCUT2D eigenvalue weighted by Crippen LogP contribution is 2.44. The minimum atomic E-state index is 0.417. The van der Waals surface area contributed by atoms with Crippen molar-refractivity contribution in [2.45, 2.75) is 65.2 Å². The molecule has 0 aliphatic carbocycles. The van der Waals surface area contributed by atoms with Crippen LogP contribution >= 0.6 is 0 Å². The molecule has 3 aliphatic rings. The molecule has 30 heavy (non-hydrogen) atoms. The van der Waals surface area contributed by atoms with Gasteiger partial charge in [-0.15, -0.1) is 0 Å². The first-order valence-corrected chi connectivity index (χ1v) is 11.1. The molecule has 2 aromatic heterocycles. The Kier molecular flexibility index (Phi) is 5.11. The lowest BCUT2D eigenvalue weighted by molar-refractivity contribution is 0.122. The molecule has 7 nitrogen and oxygen atoms in total. The van der Waals surface area contributed by atoms with Crippen molar-refractivity contribution >= 4 is 5.95 Å². The number of allylic oxidation sites excluding steroid dienone is 1. The summed E-state index contributed by atoms with van der Waals surface area (Å²) in [7, 11) is 0. The Morgan fingerprint density at radius 1 is 1.23 bits per heavy atom. The van der Waals surface area contributed by atoms with Gasteiger partial charge in [-0.05, 0) is 33.6 Å². The van der Waals surface area contributed by atoms with E-state index in [1.165, 1.54) is 35.4 Å². The Balaban J connectivity index is 1.39. The van der Waals surface area contributed by atoms with Crippen LogP contribution in [0.1, 0.15) is 54.0 Å². The van der Waals surface area contributed by atoms with Gasteiger partial charge in [-0.2, -0.15) is 5.10 Å². The average Bonchev–Trinajstić information content (AvgIpc) is 3.16. The molecule has 0 saturated carbocycles. The van der Waals surface area contributed by atoms with E-state index in [1.807, 2.05) is 0 Å². The maximum atomic E-state index is 5.48. The van der Waals surface area contributed by atoms with Crippen LogP contribution in [0.4, 0.5) is 5.95 Å². The fourth-order valence-corrected chi connectivity index (χ4v) is 5.28. The number of aromatic nitrogens is 4.